The number of benzene rings is 2. The van der Waals surface area contributed by atoms with Gasteiger partial charge in [-0.25, -0.2) is 4.98 Å². The molecule has 1 unspecified atom stereocenters. The molecule has 3 rings (SSSR count). The molecule has 1 heterocycles. The number of methoxy groups -OCH3 is 1. The van der Waals surface area contributed by atoms with E-state index >= 15 is 0 Å². The van der Waals surface area contributed by atoms with E-state index in [4.69, 9.17) is 21.3 Å². The Bertz CT molecular complexity index is 804. The van der Waals surface area contributed by atoms with Crippen molar-refractivity contribution < 1.29 is 4.74 Å². The number of hydrogen-bond acceptors (Lipinski definition) is 4. The van der Waals surface area contributed by atoms with Crippen LogP contribution in [0, 0.1) is 0 Å². The average molecular weight is 359 g/mol. The zero-order chi connectivity index (χ0) is 16.9. The highest BCUT2D eigenvalue weighted by atomic mass is 35.5. The van der Waals surface area contributed by atoms with E-state index < -0.39 is 0 Å². The van der Waals surface area contributed by atoms with Crippen molar-refractivity contribution in [3.8, 4) is 21.8 Å². The largest absolute Gasteiger partial charge is 0.383 e. The Hall–Kier alpha value is -1.72. The summed E-state index contributed by atoms with van der Waals surface area (Å²) in [5.74, 6) is 0. The van der Waals surface area contributed by atoms with Crippen LogP contribution in [-0.2, 0) is 4.74 Å². The molecule has 24 heavy (non-hydrogen) atoms. The molecule has 3 nitrogen and oxygen atoms in total. The highest BCUT2D eigenvalue weighted by Gasteiger charge is 2.14. The van der Waals surface area contributed by atoms with E-state index in [1.165, 1.54) is 0 Å². The summed E-state index contributed by atoms with van der Waals surface area (Å²) < 4.78 is 5.28. The smallest absolute Gasteiger partial charge is 0.125 e. The van der Waals surface area contributed by atoms with Gasteiger partial charge in [0.1, 0.15) is 5.01 Å². The topological polar surface area (TPSA) is 34.1 Å². The van der Waals surface area contributed by atoms with Crippen molar-refractivity contribution in [2.45, 2.75) is 6.04 Å². The minimum atomic E-state index is 0.125. The number of likely N-dealkylation sites (N-methyl/N-ethyl adjacent to an activating group) is 1. The molecule has 1 atom stereocenters. The van der Waals surface area contributed by atoms with Crippen LogP contribution in [0.1, 0.15) is 11.6 Å². The summed E-state index contributed by atoms with van der Waals surface area (Å²) in [6.45, 7) is 0.602. The zero-order valence-corrected chi connectivity index (χ0v) is 15.2. The molecule has 1 aromatic heterocycles. The fourth-order valence-electron chi connectivity index (χ4n) is 2.58. The molecule has 0 aliphatic carbocycles. The van der Waals surface area contributed by atoms with Crippen molar-refractivity contribution >= 4 is 22.9 Å². The second kappa shape index (κ2) is 7.90. The molecule has 0 radical (unpaired) electrons. The molecule has 0 aliphatic rings. The Labute approximate surface area is 151 Å². The minimum absolute atomic E-state index is 0.125. The van der Waals surface area contributed by atoms with Crippen molar-refractivity contribution in [2.24, 2.45) is 0 Å². The van der Waals surface area contributed by atoms with E-state index in [0.717, 1.165) is 27.4 Å². The first-order valence-corrected chi connectivity index (χ1v) is 8.95. The Kier molecular flexibility index (Phi) is 5.63. The molecule has 0 aliphatic heterocycles. The maximum Gasteiger partial charge on any atom is 0.125 e. The first kappa shape index (κ1) is 17.1. The maximum atomic E-state index is 6.43. The number of thiazole rings is 1. The van der Waals surface area contributed by atoms with Crippen LogP contribution in [0.25, 0.3) is 21.8 Å². The van der Waals surface area contributed by atoms with Gasteiger partial charge in [0.05, 0.1) is 23.4 Å². The van der Waals surface area contributed by atoms with E-state index in [0.29, 0.717) is 11.6 Å². The molecular weight excluding hydrogens is 340 g/mol. The third-order valence-corrected chi connectivity index (χ3v) is 5.08. The summed E-state index contributed by atoms with van der Waals surface area (Å²) in [7, 11) is 3.63. The van der Waals surface area contributed by atoms with Crippen LogP contribution in [0.4, 0.5) is 0 Å². The van der Waals surface area contributed by atoms with Gasteiger partial charge >= 0.3 is 0 Å². The fourth-order valence-corrected chi connectivity index (χ4v) is 3.70. The molecular formula is C19H19ClN2OS. The number of aromatic nitrogens is 1. The van der Waals surface area contributed by atoms with Crippen molar-refractivity contribution in [2.75, 3.05) is 20.8 Å². The summed E-state index contributed by atoms with van der Waals surface area (Å²) in [5, 5.41) is 6.96. The third-order valence-electron chi connectivity index (χ3n) is 3.88. The highest BCUT2D eigenvalue weighted by molar-refractivity contribution is 7.13. The van der Waals surface area contributed by atoms with Crippen LogP contribution in [0.15, 0.2) is 53.9 Å². The summed E-state index contributed by atoms with van der Waals surface area (Å²) in [6.07, 6.45) is 0. The van der Waals surface area contributed by atoms with Gasteiger partial charge in [0.15, 0.2) is 0 Å². The quantitative estimate of drug-likeness (QED) is 0.670. The fraction of sp³-hybridized carbons (Fsp3) is 0.211. The zero-order valence-electron chi connectivity index (χ0n) is 13.6. The molecule has 0 spiro atoms. The molecule has 0 saturated carbocycles. The first-order valence-electron chi connectivity index (χ1n) is 7.70. The van der Waals surface area contributed by atoms with Gasteiger partial charge < -0.3 is 10.1 Å². The predicted octanol–water partition coefficient (Wildman–Crippen LogP) is 5.04. The molecule has 2 aromatic carbocycles. The molecule has 5 heteroatoms. The Balaban J connectivity index is 1.96. The van der Waals surface area contributed by atoms with Crippen molar-refractivity contribution in [3.63, 3.8) is 0 Å². The van der Waals surface area contributed by atoms with Gasteiger partial charge in [-0.3, -0.25) is 0 Å². The van der Waals surface area contributed by atoms with E-state index in [2.05, 4.69) is 28.9 Å². The van der Waals surface area contributed by atoms with Gasteiger partial charge in [-0.15, -0.1) is 11.3 Å². The summed E-state index contributed by atoms with van der Waals surface area (Å²) >= 11 is 8.03. The summed E-state index contributed by atoms with van der Waals surface area (Å²) in [6, 6.07) is 16.3. The number of rotatable bonds is 6. The molecule has 0 saturated heterocycles. The van der Waals surface area contributed by atoms with Crippen molar-refractivity contribution in [1.29, 1.82) is 0 Å². The molecule has 1 N–H and O–H groups in total. The second-order valence-corrected chi connectivity index (χ2v) is 6.71. The van der Waals surface area contributed by atoms with Gasteiger partial charge in [0.2, 0.25) is 0 Å². The molecule has 0 bridgehead atoms. The lowest BCUT2D eigenvalue weighted by Crippen LogP contribution is -2.21. The van der Waals surface area contributed by atoms with Crippen molar-refractivity contribution in [3.05, 3.63) is 64.5 Å². The lowest BCUT2D eigenvalue weighted by Gasteiger charge is -2.16. The van der Waals surface area contributed by atoms with E-state index in [1.54, 1.807) is 18.4 Å². The van der Waals surface area contributed by atoms with E-state index in [-0.39, 0.29) is 6.04 Å². The Morgan fingerprint density at radius 2 is 2.00 bits per heavy atom. The van der Waals surface area contributed by atoms with Crippen molar-refractivity contribution in [1.82, 2.24) is 10.3 Å². The molecule has 0 amide bonds. The number of nitrogens with zero attached hydrogens (tertiary/aromatic N) is 1. The van der Waals surface area contributed by atoms with Crippen LogP contribution < -0.4 is 5.32 Å². The Morgan fingerprint density at radius 3 is 2.71 bits per heavy atom. The van der Waals surface area contributed by atoms with Gasteiger partial charge in [0, 0.05) is 23.6 Å². The molecule has 0 fully saturated rings. The van der Waals surface area contributed by atoms with Crippen LogP contribution >= 0.6 is 22.9 Å². The SMILES string of the molecule is CNC(COC)c1ccc(Cl)c(-c2nc(-c3ccccc3)cs2)c1. The predicted molar refractivity (Wildman–Crippen MR) is 102 cm³/mol. The number of hydrogen-bond donors (Lipinski definition) is 1. The normalized spacial score (nSPS) is 12.3. The minimum Gasteiger partial charge on any atom is -0.383 e. The average Bonchev–Trinajstić information content (AvgIpc) is 3.11. The van der Waals surface area contributed by atoms with Crippen LogP contribution in [0.5, 0.6) is 0 Å². The molecule has 3 aromatic rings. The Morgan fingerprint density at radius 1 is 1.21 bits per heavy atom. The third kappa shape index (κ3) is 3.68. The van der Waals surface area contributed by atoms with E-state index in [9.17, 15) is 0 Å². The standard InChI is InChI=1S/C19H19ClN2OS/c1-21-17(11-23-2)14-8-9-16(20)15(10-14)19-22-18(12-24-19)13-6-4-3-5-7-13/h3-10,12,17,21H,11H2,1-2H3. The second-order valence-electron chi connectivity index (χ2n) is 5.44. The van der Waals surface area contributed by atoms with E-state index in [1.807, 2.05) is 37.4 Å². The summed E-state index contributed by atoms with van der Waals surface area (Å²) in [4.78, 5) is 4.77. The van der Waals surface area contributed by atoms with Crippen LogP contribution in [0.2, 0.25) is 5.02 Å². The maximum absolute atomic E-state index is 6.43. The van der Waals surface area contributed by atoms with Crippen LogP contribution in [0.3, 0.4) is 0 Å². The lowest BCUT2D eigenvalue weighted by atomic mass is 10.0. The number of nitrogens with one attached hydrogen (secondary N) is 1. The van der Waals surface area contributed by atoms with Gasteiger partial charge in [-0.2, -0.15) is 0 Å². The molecule has 124 valence electrons. The first-order chi connectivity index (χ1) is 11.7. The van der Waals surface area contributed by atoms with Gasteiger partial charge in [0.25, 0.3) is 0 Å². The highest BCUT2D eigenvalue weighted by Crippen LogP contribution is 2.34. The lowest BCUT2D eigenvalue weighted by molar-refractivity contribution is 0.170. The monoisotopic (exact) mass is 358 g/mol. The van der Waals surface area contributed by atoms with Gasteiger partial charge in [-0.1, -0.05) is 48.0 Å². The number of halogens is 1. The van der Waals surface area contributed by atoms with Crippen LogP contribution in [-0.4, -0.2) is 25.7 Å². The number of ether oxygens (including phenoxy) is 1. The summed E-state index contributed by atoms with van der Waals surface area (Å²) in [5.41, 5.74) is 4.17. The van der Waals surface area contributed by atoms with Gasteiger partial charge in [-0.05, 0) is 24.7 Å².